The molecule has 3 N–H and O–H groups in total. The third-order valence-corrected chi connectivity index (χ3v) is 3.64. The highest BCUT2D eigenvalue weighted by Gasteiger charge is 2.28. The maximum atomic E-state index is 5.72. The zero-order valence-electron chi connectivity index (χ0n) is 12.1. The van der Waals surface area contributed by atoms with E-state index < -0.39 is 0 Å². The summed E-state index contributed by atoms with van der Waals surface area (Å²) in [5, 5.41) is 7.19. The second kappa shape index (κ2) is 5.60. The number of nitrogen functional groups attached to an aromatic ring is 1. The van der Waals surface area contributed by atoms with Gasteiger partial charge in [-0.25, -0.2) is 4.98 Å². The second-order valence-corrected chi connectivity index (χ2v) is 5.28. The van der Waals surface area contributed by atoms with Crippen molar-refractivity contribution in [2.75, 3.05) is 24.6 Å². The monoisotopic (exact) mass is 289 g/mol. The van der Waals surface area contributed by atoms with Gasteiger partial charge >= 0.3 is 0 Å². The summed E-state index contributed by atoms with van der Waals surface area (Å²) in [5.41, 5.74) is 5.72. The molecule has 9 nitrogen and oxygen atoms in total. The third-order valence-electron chi connectivity index (χ3n) is 3.64. The minimum atomic E-state index is 0.154. The van der Waals surface area contributed by atoms with Crippen LogP contribution in [0.4, 0.5) is 11.9 Å². The number of nitrogens with two attached hydrogens (primary N) is 1. The number of aromatic nitrogens is 6. The summed E-state index contributed by atoms with van der Waals surface area (Å²) in [5.74, 6) is 0.955. The Balaban J connectivity index is 1.67. The first-order chi connectivity index (χ1) is 10.1. The highest BCUT2D eigenvalue weighted by molar-refractivity contribution is 5.34. The van der Waals surface area contributed by atoms with Crippen molar-refractivity contribution in [1.29, 1.82) is 0 Å². The molecule has 2 heterocycles. The Labute approximate surface area is 122 Å². The lowest BCUT2D eigenvalue weighted by atomic mass is 10.3. The van der Waals surface area contributed by atoms with Gasteiger partial charge < -0.3 is 11.1 Å². The molecular weight excluding hydrogens is 270 g/mol. The van der Waals surface area contributed by atoms with Crippen LogP contribution < -0.4 is 11.1 Å². The van der Waals surface area contributed by atoms with Gasteiger partial charge in [0.25, 0.3) is 5.95 Å². The fraction of sp³-hybridized carbons (Fsp3) is 0.583. The van der Waals surface area contributed by atoms with Crippen LogP contribution in [0.3, 0.4) is 0 Å². The zero-order valence-corrected chi connectivity index (χ0v) is 12.1. The number of anilines is 2. The Bertz CT molecular complexity index is 593. The molecule has 0 amide bonds. The van der Waals surface area contributed by atoms with Crippen molar-refractivity contribution in [3.05, 3.63) is 12.7 Å². The van der Waals surface area contributed by atoms with E-state index in [1.54, 1.807) is 0 Å². The Morgan fingerprint density at radius 3 is 2.90 bits per heavy atom. The number of nitrogens with one attached hydrogen (secondary N) is 1. The molecule has 0 radical (unpaired) electrons. The first-order valence-electron chi connectivity index (χ1n) is 6.96. The number of nitrogens with zero attached hydrogens (tertiary/aromatic N) is 7. The van der Waals surface area contributed by atoms with Gasteiger partial charge in [0.15, 0.2) is 0 Å². The van der Waals surface area contributed by atoms with Gasteiger partial charge in [0, 0.05) is 18.6 Å². The normalized spacial score (nSPS) is 16.1. The van der Waals surface area contributed by atoms with Crippen LogP contribution in [-0.2, 0) is 0 Å². The van der Waals surface area contributed by atoms with E-state index >= 15 is 0 Å². The summed E-state index contributed by atoms with van der Waals surface area (Å²) in [7, 11) is 2.15. The second-order valence-electron chi connectivity index (χ2n) is 5.28. The molecule has 1 unspecified atom stereocenters. The topological polar surface area (TPSA) is 111 Å². The van der Waals surface area contributed by atoms with Gasteiger partial charge in [-0.3, -0.25) is 4.90 Å². The summed E-state index contributed by atoms with van der Waals surface area (Å²) in [6, 6.07) is 1.11. The molecule has 1 aliphatic carbocycles. The van der Waals surface area contributed by atoms with Gasteiger partial charge in [-0.15, -0.1) is 0 Å². The highest BCUT2D eigenvalue weighted by atomic mass is 15.4. The summed E-state index contributed by atoms with van der Waals surface area (Å²) < 4.78 is 1.45. The van der Waals surface area contributed by atoms with Crippen LogP contribution in [0, 0.1) is 0 Å². The Morgan fingerprint density at radius 1 is 1.43 bits per heavy atom. The molecule has 1 aliphatic rings. The zero-order chi connectivity index (χ0) is 14.8. The predicted molar refractivity (Wildman–Crippen MR) is 77.9 cm³/mol. The molecule has 1 atom stereocenters. The third kappa shape index (κ3) is 3.24. The van der Waals surface area contributed by atoms with E-state index in [0.29, 0.717) is 17.9 Å². The van der Waals surface area contributed by atoms with Crippen molar-refractivity contribution in [3.63, 3.8) is 0 Å². The average molecular weight is 289 g/mol. The molecular formula is C12H19N9. The SMILES string of the molecule is CC(CNc1nc(N)nc(-n2cncn2)n1)N(C)C1CC1. The molecule has 3 rings (SSSR count). The molecule has 0 bridgehead atoms. The van der Waals surface area contributed by atoms with Crippen LogP contribution in [0.1, 0.15) is 19.8 Å². The van der Waals surface area contributed by atoms with Gasteiger partial charge in [-0.05, 0) is 26.8 Å². The number of rotatable bonds is 6. The van der Waals surface area contributed by atoms with Crippen molar-refractivity contribution >= 4 is 11.9 Å². The molecule has 9 heteroatoms. The van der Waals surface area contributed by atoms with Crippen molar-refractivity contribution in [2.24, 2.45) is 0 Å². The van der Waals surface area contributed by atoms with Crippen LogP contribution in [0.5, 0.6) is 0 Å². The summed E-state index contributed by atoms with van der Waals surface area (Å²) in [4.78, 5) is 18.7. The van der Waals surface area contributed by atoms with Gasteiger partial charge in [0.2, 0.25) is 11.9 Å². The molecule has 112 valence electrons. The van der Waals surface area contributed by atoms with E-state index in [0.717, 1.165) is 12.6 Å². The number of likely N-dealkylation sites (N-methyl/N-ethyl adjacent to an activating group) is 1. The lowest BCUT2D eigenvalue weighted by molar-refractivity contribution is 0.257. The minimum absolute atomic E-state index is 0.154. The largest absolute Gasteiger partial charge is 0.368 e. The van der Waals surface area contributed by atoms with Crippen molar-refractivity contribution in [3.8, 4) is 5.95 Å². The van der Waals surface area contributed by atoms with Gasteiger partial charge in [-0.1, -0.05) is 0 Å². The fourth-order valence-corrected chi connectivity index (χ4v) is 2.10. The smallest absolute Gasteiger partial charge is 0.258 e. The Morgan fingerprint density at radius 2 is 2.24 bits per heavy atom. The maximum absolute atomic E-state index is 5.72. The summed E-state index contributed by atoms with van der Waals surface area (Å²) in [6.07, 6.45) is 5.51. The van der Waals surface area contributed by atoms with E-state index in [2.05, 4.69) is 49.2 Å². The molecule has 21 heavy (non-hydrogen) atoms. The van der Waals surface area contributed by atoms with Crippen LogP contribution >= 0.6 is 0 Å². The first-order valence-corrected chi connectivity index (χ1v) is 6.96. The first kappa shape index (κ1) is 13.7. The van der Waals surface area contributed by atoms with E-state index in [4.69, 9.17) is 5.73 Å². The average Bonchev–Trinajstić information content (AvgIpc) is 3.17. The molecule has 0 aliphatic heterocycles. The molecule has 2 aromatic heterocycles. The van der Waals surface area contributed by atoms with Gasteiger partial charge in [-0.2, -0.15) is 24.7 Å². The van der Waals surface area contributed by atoms with E-state index in [-0.39, 0.29) is 5.95 Å². The summed E-state index contributed by atoms with van der Waals surface area (Å²) >= 11 is 0. The predicted octanol–water partition coefficient (Wildman–Crippen LogP) is -0.0709. The van der Waals surface area contributed by atoms with Crippen LogP contribution in [0.2, 0.25) is 0 Å². The molecule has 1 fully saturated rings. The van der Waals surface area contributed by atoms with Crippen molar-refractivity contribution in [2.45, 2.75) is 31.8 Å². The van der Waals surface area contributed by atoms with Gasteiger partial charge in [0.1, 0.15) is 12.7 Å². The molecule has 0 spiro atoms. The quantitative estimate of drug-likeness (QED) is 0.760. The van der Waals surface area contributed by atoms with Crippen LogP contribution in [0.25, 0.3) is 5.95 Å². The van der Waals surface area contributed by atoms with Crippen LogP contribution in [-0.4, -0.2) is 60.3 Å². The number of hydrogen-bond donors (Lipinski definition) is 2. The molecule has 0 aromatic carbocycles. The van der Waals surface area contributed by atoms with E-state index in [1.807, 2.05) is 0 Å². The lowest BCUT2D eigenvalue weighted by Gasteiger charge is -2.24. The van der Waals surface area contributed by atoms with E-state index in [1.165, 1.54) is 30.2 Å². The van der Waals surface area contributed by atoms with Crippen molar-refractivity contribution in [1.82, 2.24) is 34.6 Å². The number of hydrogen-bond acceptors (Lipinski definition) is 8. The maximum Gasteiger partial charge on any atom is 0.258 e. The molecule has 0 saturated heterocycles. The van der Waals surface area contributed by atoms with Crippen LogP contribution in [0.15, 0.2) is 12.7 Å². The highest BCUT2D eigenvalue weighted by Crippen LogP contribution is 2.26. The minimum Gasteiger partial charge on any atom is -0.368 e. The van der Waals surface area contributed by atoms with Crippen molar-refractivity contribution < 1.29 is 0 Å². The van der Waals surface area contributed by atoms with E-state index in [9.17, 15) is 0 Å². The van der Waals surface area contributed by atoms with Gasteiger partial charge in [0.05, 0.1) is 0 Å². The summed E-state index contributed by atoms with van der Waals surface area (Å²) in [6.45, 7) is 2.92. The fourth-order valence-electron chi connectivity index (χ4n) is 2.10. The molecule has 2 aromatic rings. The Kier molecular flexibility index (Phi) is 3.65. The molecule has 1 saturated carbocycles. The Hall–Kier alpha value is -2.29. The standard InChI is InChI=1S/C12H19N9/c1-8(20(2)9-3-4-9)5-15-11-17-10(13)18-12(19-11)21-7-14-6-16-21/h6-9H,3-5H2,1-2H3,(H3,13,15,17,18,19). The lowest BCUT2D eigenvalue weighted by Crippen LogP contribution is -2.36.